The van der Waals surface area contributed by atoms with E-state index >= 15 is 0 Å². The Balaban J connectivity index is 2.12. The summed E-state index contributed by atoms with van der Waals surface area (Å²) in [7, 11) is 0. The molecule has 1 saturated carbocycles. The molecule has 0 aromatic carbocycles. The van der Waals surface area contributed by atoms with Crippen molar-refractivity contribution in [2.75, 3.05) is 13.2 Å². The van der Waals surface area contributed by atoms with E-state index in [9.17, 15) is 0 Å². The predicted octanol–water partition coefficient (Wildman–Crippen LogP) is 2.23. The summed E-state index contributed by atoms with van der Waals surface area (Å²) in [5.41, 5.74) is -0.326. The Bertz CT molecular complexity index is 220. The highest BCUT2D eigenvalue weighted by atomic mass is 16.5. The summed E-state index contributed by atoms with van der Waals surface area (Å²) < 4.78 is 5.27. The first-order valence-electron chi connectivity index (χ1n) is 5.97. The van der Waals surface area contributed by atoms with E-state index in [0.29, 0.717) is 6.04 Å². The van der Waals surface area contributed by atoms with Gasteiger partial charge >= 0.3 is 0 Å². The van der Waals surface area contributed by atoms with Gasteiger partial charge in [0.05, 0.1) is 6.07 Å². The van der Waals surface area contributed by atoms with E-state index in [1.54, 1.807) is 0 Å². The van der Waals surface area contributed by atoms with Gasteiger partial charge in [0.2, 0.25) is 0 Å². The van der Waals surface area contributed by atoms with Gasteiger partial charge in [-0.15, -0.1) is 0 Å². The molecule has 1 fully saturated rings. The van der Waals surface area contributed by atoms with E-state index in [1.165, 1.54) is 12.8 Å². The number of nitrogens with zero attached hydrogens (tertiary/aromatic N) is 1. The van der Waals surface area contributed by atoms with Crippen molar-refractivity contribution >= 4 is 0 Å². The molecule has 0 spiro atoms. The van der Waals surface area contributed by atoms with Gasteiger partial charge in [-0.1, -0.05) is 0 Å². The van der Waals surface area contributed by atoms with Crippen LogP contribution in [-0.4, -0.2) is 24.8 Å². The monoisotopic (exact) mass is 210 g/mol. The van der Waals surface area contributed by atoms with Gasteiger partial charge in [0.1, 0.15) is 5.54 Å². The minimum absolute atomic E-state index is 0.326. The lowest BCUT2D eigenvalue weighted by molar-refractivity contribution is 0.141. The average molecular weight is 210 g/mol. The first kappa shape index (κ1) is 12.5. The smallest absolute Gasteiger partial charge is 0.104 e. The van der Waals surface area contributed by atoms with E-state index in [2.05, 4.69) is 11.4 Å². The molecule has 1 N–H and O–H groups in total. The highest BCUT2D eigenvalue weighted by molar-refractivity contribution is 5.06. The minimum atomic E-state index is -0.326. The van der Waals surface area contributed by atoms with Gasteiger partial charge in [-0.05, 0) is 46.0 Å². The van der Waals surface area contributed by atoms with Crippen molar-refractivity contribution in [2.45, 2.75) is 57.5 Å². The molecule has 1 atom stereocenters. The van der Waals surface area contributed by atoms with Crippen molar-refractivity contribution in [3.63, 3.8) is 0 Å². The summed E-state index contributed by atoms with van der Waals surface area (Å²) in [5, 5.41) is 12.5. The van der Waals surface area contributed by atoms with Crippen molar-refractivity contribution in [3.8, 4) is 6.07 Å². The highest BCUT2D eigenvalue weighted by Gasteiger charge is 2.31. The summed E-state index contributed by atoms with van der Waals surface area (Å²) in [6.07, 6.45) is 5.50. The third-order valence-electron chi connectivity index (χ3n) is 2.77. The van der Waals surface area contributed by atoms with Crippen LogP contribution in [-0.2, 0) is 4.74 Å². The van der Waals surface area contributed by atoms with E-state index < -0.39 is 0 Å². The molecule has 1 rings (SSSR count). The second-order valence-corrected chi connectivity index (χ2v) is 4.52. The second-order valence-electron chi connectivity index (χ2n) is 4.52. The Morgan fingerprint density at radius 2 is 2.20 bits per heavy atom. The fourth-order valence-corrected chi connectivity index (χ4v) is 1.67. The van der Waals surface area contributed by atoms with Gasteiger partial charge in [0, 0.05) is 19.3 Å². The summed E-state index contributed by atoms with van der Waals surface area (Å²) >= 11 is 0. The maximum Gasteiger partial charge on any atom is 0.104 e. The molecule has 0 aliphatic heterocycles. The lowest BCUT2D eigenvalue weighted by atomic mass is 9.96. The lowest BCUT2D eigenvalue weighted by Crippen LogP contribution is -2.42. The Labute approximate surface area is 92.8 Å². The minimum Gasteiger partial charge on any atom is -0.382 e. The van der Waals surface area contributed by atoms with Crippen LogP contribution in [0.1, 0.15) is 46.0 Å². The molecule has 0 aromatic heterocycles. The molecule has 3 nitrogen and oxygen atoms in total. The van der Waals surface area contributed by atoms with Crippen molar-refractivity contribution in [2.24, 2.45) is 0 Å². The van der Waals surface area contributed by atoms with Crippen molar-refractivity contribution in [1.29, 1.82) is 5.26 Å². The molecule has 0 saturated heterocycles. The summed E-state index contributed by atoms with van der Waals surface area (Å²) in [4.78, 5) is 0. The summed E-state index contributed by atoms with van der Waals surface area (Å²) in [5.74, 6) is 0. The van der Waals surface area contributed by atoms with Gasteiger partial charge in [0.15, 0.2) is 0 Å². The molecule has 15 heavy (non-hydrogen) atoms. The van der Waals surface area contributed by atoms with Gasteiger partial charge in [0.25, 0.3) is 0 Å². The topological polar surface area (TPSA) is 45.0 Å². The Morgan fingerprint density at radius 3 is 2.73 bits per heavy atom. The first-order valence-corrected chi connectivity index (χ1v) is 5.97. The summed E-state index contributed by atoms with van der Waals surface area (Å²) in [6, 6.07) is 2.99. The Kier molecular flexibility index (Phi) is 5.07. The van der Waals surface area contributed by atoms with Crippen LogP contribution < -0.4 is 5.32 Å². The molecule has 1 aliphatic carbocycles. The quantitative estimate of drug-likeness (QED) is 0.625. The van der Waals surface area contributed by atoms with Gasteiger partial charge in [-0.3, -0.25) is 5.32 Å². The number of hydrogen-bond acceptors (Lipinski definition) is 3. The van der Waals surface area contributed by atoms with Crippen LogP contribution in [0.5, 0.6) is 0 Å². The van der Waals surface area contributed by atoms with E-state index in [0.717, 1.165) is 32.5 Å². The zero-order valence-electron chi connectivity index (χ0n) is 9.88. The van der Waals surface area contributed by atoms with Gasteiger partial charge < -0.3 is 4.74 Å². The van der Waals surface area contributed by atoms with Crippen LogP contribution in [0.4, 0.5) is 0 Å². The second kappa shape index (κ2) is 6.09. The molecule has 0 heterocycles. The summed E-state index contributed by atoms with van der Waals surface area (Å²) in [6.45, 7) is 5.62. The van der Waals surface area contributed by atoms with E-state index in [1.807, 2.05) is 13.8 Å². The largest absolute Gasteiger partial charge is 0.382 e. The molecule has 0 amide bonds. The van der Waals surface area contributed by atoms with Crippen molar-refractivity contribution in [1.82, 2.24) is 5.32 Å². The SMILES string of the molecule is CCOCCCCC(C)(C#N)NC1CC1. The maximum atomic E-state index is 9.12. The highest BCUT2D eigenvalue weighted by Crippen LogP contribution is 2.24. The van der Waals surface area contributed by atoms with Crippen LogP contribution in [0.3, 0.4) is 0 Å². The molecule has 0 radical (unpaired) electrons. The number of nitrogens with one attached hydrogen (secondary N) is 1. The fourth-order valence-electron chi connectivity index (χ4n) is 1.67. The Morgan fingerprint density at radius 1 is 1.47 bits per heavy atom. The van der Waals surface area contributed by atoms with Crippen molar-refractivity contribution < 1.29 is 4.74 Å². The zero-order chi connectivity index (χ0) is 11.1. The lowest BCUT2D eigenvalue weighted by Gasteiger charge is -2.23. The molecule has 1 unspecified atom stereocenters. The van der Waals surface area contributed by atoms with Crippen LogP contribution in [0.2, 0.25) is 0 Å². The number of unbranched alkanes of at least 4 members (excludes halogenated alkanes) is 1. The molecule has 0 bridgehead atoms. The first-order chi connectivity index (χ1) is 7.20. The Hall–Kier alpha value is -0.590. The number of rotatable bonds is 8. The predicted molar refractivity (Wildman–Crippen MR) is 60.5 cm³/mol. The van der Waals surface area contributed by atoms with E-state index in [4.69, 9.17) is 10.00 Å². The zero-order valence-corrected chi connectivity index (χ0v) is 9.88. The van der Waals surface area contributed by atoms with Crippen LogP contribution in [0.15, 0.2) is 0 Å². The van der Waals surface area contributed by atoms with Gasteiger partial charge in [-0.25, -0.2) is 0 Å². The van der Waals surface area contributed by atoms with Crippen LogP contribution in [0.25, 0.3) is 0 Å². The third kappa shape index (κ3) is 5.15. The van der Waals surface area contributed by atoms with Gasteiger partial charge in [-0.2, -0.15) is 5.26 Å². The molecule has 0 aromatic rings. The van der Waals surface area contributed by atoms with Crippen LogP contribution >= 0.6 is 0 Å². The maximum absolute atomic E-state index is 9.12. The number of nitriles is 1. The average Bonchev–Trinajstić information content (AvgIpc) is 3.01. The number of ether oxygens (including phenoxy) is 1. The molecule has 1 aliphatic rings. The van der Waals surface area contributed by atoms with Crippen LogP contribution in [0, 0.1) is 11.3 Å². The third-order valence-corrected chi connectivity index (χ3v) is 2.77. The molecule has 3 heteroatoms. The number of hydrogen-bond donors (Lipinski definition) is 1. The normalized spacial score (nSPS) is 19.5. The molecular formula is C12H22N2O. The van der Waals surface area contributed by atoms with E-state index in [-0.39, 0.29) is 5.54 Å². The molecule has 86 valence electrons. The fraction of sp³-hybridized carbons (Fsp3) is 0.917. The standard InChI is InChI=1S/C12H22N2O/c1-3-15-9-5-4-8-12(2,10-13)14-11-6-7-11/h11,14H,3-9H2,1-2H3. The molecular weight excluding hydrogens is 188 g/mol. The van der Waals surface area contributed by atoms with Crippen molar-refractivity contribution in [3.05, 3.63) is 0 Å².